The molecule has 4 N–H and O–H groups in total. The summed E-state index contributed by atoms with van der Waals surface area (Å²) < 4.78 is 5.74. The summed E-state index contributed by atoms with van der Waals surface area (Å²) in [5.41, 5.74) is 7.16. The number of primary amides is 1. The van der Waals surface area contributed by atoms with Gasteiger partial charge in [-0.1, -0.05) is 47.5 Å². The highest BCUT2D eigenvalue weighted by Crippen LogP contribution is 2.26. The SMILES string of the molecule is NC(=O)Cc1oc2[nH]cc(C(=O)NCc3ccc(Cl)cc3)c(=O)c2c1Cc1ccc(Cl)cc1. The van der Waals surface area contributed by atoms with Crippen LogP contribution >= 0.6 is 23.2 Å². The maximum atomic E-state index is 13.3. The number of furan rings is 1. The Hall–Kier alpha value is -3.55. The molecule has 0 saturated carbocycles. The van der Waals surface area contributed by atoms with Gasteiger partial charge in [0.2, 0.25) is 17.0 Å². The van der Waals surface area contributed by atoms with Gasteiger partial charge in [0.05, 0.1) is 11.8 Å². The van der Waals surface area contributed by atoms with Crippen molar-refractivity contribution in [1.29, 1.82) is 0 Å². The number of rotatable bonds is 7. The van der Waals surface area contributed by atoms with Gasteiger partial charge in [0.25, 0.3) is 5.91 Å². The van der Waals surface area contributed by atoms with Crippen molar-refractivity contribution in [2.24, 2.45) is 5.73 Å². The number of hydrogen-bond donors (Lipinski definition) is 3. The van der Waals surface area contributed by atoms with Gasteiger partial charge in [-0.25, -0.2) is 0 Å². The van der Waals surface area contributed by atoms with Gasteiger partial charge in [-0.2, -0.15) is 0 Å². The number of nitrogens with two attached hydrogens (primary N) is 1. The minimum atomic E-state index is -0.597. The van der Waals surface area contributed by atoms with E-state index < -0.39 is 17.2 Å². The van der Waals surface area contributed by atoms with Crippen molar-refractivity contribution in [3.63, 3.8) is 0 Å². The quantitative estimate of drug-likeness (QED) is 0.368. The molecule has 0 fully saturated rings. The summed E-state index contributed by atoms with van der Waals surface area (Å²) >= 11 is 11.8. The van der Waals surface area contributed by atoms with E-state index >= 15 is 0 Å². The van der Waals surface area contributed by atoms with Gasteiger partial charge < -0.3 is 20.5 Å². The normalized spacial score (nSPS) is 11.0. The summed E-state index contributed by atoms with van der Waals surface area (Å²) in [6.45, 7) is 0.226. The zero-order chi connectivity index (χ0) is 23.5. The molecule has 0 radical (unpaired) electrons. The molecule has 7 nitrogen and oxygen atoms in total. The van der Waals surface area contributed by atoms with E-state index in [-0.39, 0.29) is 35.4 Å². The van der Waals surface area contributed by atoms with Gasteiger partial charge in [-0.05, 0) is 35.4 Å². The molecule has 0 aliphatic carbocycles. The summed E-state index contributed by atoms with van der Waals surface area (Å²) in [6, 6.07) is 14.1. The second kappa shape index (κ2) is 9.52. The number of benzene rings is 2. The number of fused-ring (bicyclic) bond motifs is 1. The Bertz CT molecular complexity index is 1390. The number of aromatic amines is 1. The first-order valence-corrected chi connectivity index (χ1v) is 10.8. The lowest BCUT2D eigenvalue weighted by Crippen LogP contribution is -2.28. The standard InChI is InChI=1S/C24H19Cl2N3O4/c25-15-5-1-13(2-6-15)9-17-19(10-20(27)30)33-24-21(17)22(31)18(12-29-24)23(32)28-11-14-3-7-16(26)8-4-14/h1-8,12H,9-11H2,(H2,27,30)(H,28,32)(H,29,31). The lowest BCUT2D eigenvalue weighted by atomic mass is 10.00. The molecule has 9 heteroatoms. The van der Waals surface area contributed by atoms with Crippen LogP contribution in [0.3, 0.4) is 0 Å². The second-order valence-corrected chi connectivity index (χ2v) is 8.37. The number of pyridine rings is 1. The Kier molecular flexibility index (Phi) is 6.53. The first-order valence-electron chi connectivity index (χ1n) is 10.0. The lowest BCUT2D eigenvalue weighted by molar-refractivity contribution is -0.117. The van der Waals surface area contributed by atoms with Crippen molar-refractivity contribution in [3.05, 3.63) is 103 Å². The monoisotopic (exact) mass is 483 g/mol. The number of amides is 2. The van der Waals surface area contributed by atoms with Gasteiger partial charge >= 0.3 is 0 Å². The van der Waals surface area contributed by atoms with Gasteiger partial charge in [0, 0.05) is 34.8 Å². The molecule has 2 heterocycles. The van der Waals surface area contributed by atoms with Crippen molar-refractivity contribution in [2.75, 3.05) is 0 Å². The number of nitrogens with one attached hydrogen (secondary N) is 2. The van der Waals surface area contributed by atoms with Gasteiger partial charge in [0.1, 0.15) is 11.3 Å². The predicted octanol–water partition coefficient (Wildman–Crippen LogP) is 3.98. The first-order chi connectivity index (χ1) is 15.8. The molecule has 2 aromatic heterocycles. The molecule has 33 heavy (non-hydrogen) atoms. The van der Waals surface area contributed by atoms with Crippen molar-refractivity contribution in [1.82, 2.24) is 10.3 Å². The van der Waals surface area contributed by atoms with E-state index in [1.165, 1.54) is 6.20 Å². The molecule has 168 valence electrons. The van der Waals surface area contributed by atoms with Crippen LogP contribution in [-0.4, -0.2) is 16.8 Å². The molecule has 0 aliphatic heterocycles. The number of aromatic nitrogens is 1. The number of hydrogen-bond acceptors (Lipinski definition) is 4. The number of halogens is 2. The average molecular weight is 484 g/mol. The summed E-state index contributed by atoms with van der Waals surface area (Å²) in [5.74, 6) is -0.859. The summed E-state index contributed by atoms with van der Waals surface area (Å²) in [5, 5.41) is 4.11. The minimum absolute atomic E-state index is 0.0692. The van der Waals surface area contributed by atoms with Crippen LogP contribution in [0.5, 0.6) is 0 Å². The number of H-pyrrole nitrogens is 1. The fraction of sp³-hybridized carbons (Fsp3) is 0.125. The molecule has 4 rings (SSSR count). The van der Waals surface area contributed by atoms with Crippen molar-refractivity contribution >= 4 is 46.1 Å². The molecule has 2 amide bonds. The van der Waals surface area contributed by atoms with Gasteiger partial charge in [-0.15, -0.1) is 0 Å². The minimum Gasteiger partial charge on any atom is -0.444 e. The molecule has 0 spiro atoms. The number of carbonyl (C=O) groups excluding carboxylic acids is 2. The first kappa shape index (κ1) is 22.6. The van der Waals surface area contributed by atoms with Crippen LogP contribution in [0.15, 0.2) is 63.9 Å². The Morgan fingerprint density at radius 1 is 0.970 bits per heavy atom. The molecular formula is C24H19Cl2N3O4. The molecular weight excluding hydrogens is 465 g/mol. The van der Waals surface area contributed by atoms with Crippen LogP contribution < -0.4 is 16.5 Å². The van der Waals surface area contributed by atoms with E-state index in [2.05, 4.69) is 10.3 Å². The van der Waals surface area contributed by atoms with Crippen LogP contribution in [-0.2, 0) is 24.2 Å². The molecule has 0 unspecified atom stereocenters. The predicted molar refractivity (Wildman–Crippen MR) is 127 cm³/mol. The highest BCUT2D eigenvalue weighted by Gasteiger charge is 2.22. The Labute approximate surface area is 198 Å². The smallest absolute Gasteiger partial charge is 0.257 e. The Morgan fingerprint density at radius 3 is 2.18 bits per heavy atom. The molecule has 0 saturated heterocycles. The third kappa shape index (κ3) is 5.10. The topological polar surface area (TPSA) is 118 Å². The molecule has 4 aromatic rings. The Balaban J connectivity index is 1.70. The fourth-order valence-electron chi connectivity index (χ4n) is 3.53. The van der Waals surface area contributed by atoms with Crippen LogP contribution in [0.25, 0.3) is 11.1 Å². The van der Waals surface area contributed by atoms with Crippen LogP contribution in [0, 0.1) is 0 Å². The van der Waals surface area contributed by atoms with Crippen molar-refractivity contribution in [3.8, 4) is 0 Å². The zero-order valence-electron chi connectivity index (χ0n) is 17.3. The highest BCUT2D eigenvalue weighted by molar-refractivity contribution is 6.30. The van der Waals surface area contributed by atoms with E-state index in [4.69, 9.17) is 33.4 Å². The summed E-state index contributed by atoms with van der Waals surface area (Å²) in [6.07, 6.45) is 1.42. The maximum Gasteiger partial charge on any atom is 0.257 e. The van der Waals surface area contributed by atoms with E-state index in [9.17, 15) is 14.4 Å². The lowest BCUT2D eigenvalue weighted by Gasteiger charge is -2.06. The van der Waals surface area contributed by atoms with Crippen molar-refractivity contribution in [2.45, 2.75) is 19.4 Å². The third-order valence-electron chi connectivity index (χ3n) is 5.15. The largest absolute Gasteiger partial charge is 0.444 e. The fourth-order valence-corrected chi connectivity index (χ4v) is 3.79. The van der Waals surface area contributed by atoms with E-state index in [0.29, 0.717) is 22.0 Å². The van der Waals surface area contributed by atoms with Gasteiger partial charge in [-0.3, -0.25) is 14.4 Å². The molecule has 0 aliphatic rings. The van der Waals surface area contributed by atoms with Crippen LogP contribution in [0.1, 0.15) is 32.8 Å². The van der Waals surface area contributed by atoms with E-state index in [1.54, 1.807) is 36.4 Å². The summed E-state index contributed by atoms with van der Waals surface area (Å²) in [7, 11) is 0. The second-order valence-electron chi connectivity index (χ2n) is 7.49. The number of carbonyl (C=O) groups is 2. The maximum absolute atomic E-state index is 13.3. The van der Waals surface area contributed by atoms with Gasteiger partial charge in [0.15, 0.2) is 0 Å². The zero-order valence-corrected chi connectivity index (χ0v) is 18.8. The third-order valence-corrected chi connectivity index (χ3v) is 5.65. The van der Waals surface area contributed by atoms with E-state index in [0.717, 1.165) is 11.1 Å². The average Bonchev–Trinajstić information content (AvgIpc) is 3.12. The van der Waals surface area contributed by atoms with Crippen LogP contribution in [0.2, 0.25) is 10.0 Å². The highest BCUT2D eigenvalue weighted by atomic mass is 35.5. The molecule has 0 atom stereocenters. The Morgan fingerprint density at radius 2 is 1.58 bits per heavy atom. The summed E-state index contributed by atoms with van der Waals surface area (Å²) in [4.78, 5) is 40.5. The van der Waals surface area contributed by atoms with E-state index in [1.807, 2.05) is 12.1 Å². The van der Waals surface area contributed by atoms with Crippen molar-refractivity contribution < 1.29 is 14.0 Å². The molecule has 0 bridgehead atoms. The van der Waals surface area contributed by atoms with Crippen LogP contribution in [0.4, 0.5) is 0 Å². The molecule has 2 aromatic carbocycles.